The van der Waals surface area contributed by atoms with Gasteiger partial charge in [-0.25, -0.2) is 0 Å². The standard InChI is InChI=1S/C15H15NO2/c1-2-3-10-8-15-12(6-7-16-10)13-9-11(17)4-5-14(13)18-15/h1,4-5,9-10,16-17H,3,6-8H2. The summed E-state index contributed by atoms with van der Waals surface area (Å²) in [5, 5.41) is 14.0. The van der Waals surface area contributed by atoms with Crippen LogP contribution in [-0.4, -0.2) is 17.7 Å². The fraction of sp³-hybridized carbons (Fsp3) is 0.333. The number of phenolic OH excluding ortho intramolecular Hbond substituents is 1. The maximum absolute atomic E-state index is 9.57. The van der Waals surface area contributed by atoms with Gasteiger partial charge in [-0.15, -0.1) is 12.3 Å². The first kappa shape index (κ1) is 11.2. The number of benzene rings is 1. The molecule has 1 aromatic heterocycles. The number of aromatic hydroxyl groups is 1. The molecule has 0 radical (unpaired) electrons. The monoisotopic (exact) mass is 241 g/mol. The van der Waals surface area contributed by atoms with E-state index in [1.165, 1.54) is 5.56 Å². The van der Waals surface area contributed by atoms with Crippen LogP contribution in [0.4, 0.5) is 0 Å². The van der Waals surface area contributed by atoms with Crippen LogP contribution in [0, 0.1) is 12.3 Å². The third-order valence-electron chi connectivity index (χ3n) is 3.46. The van der Waals surface area contributed by atoms with E-state index < -0.39 is 0 Å². The molecule has 0 aliphatic carbocycles. The average Bonchev–Trinajstić information content (AvgIpc) is 2.55. The van der Waals surface area contributed by atoms with Crippen molar-refractivity contribution in [2.75, 3.05) is 6.54 Å². The molecule has 3 nitrogen and oxygen atoms in total. The molecule has 1 aliphatic heterocycles. The van der Waals surface area contributed by atoms with E-state index >= 15 is 0 Å². The number of phenols is 1. The van der Waals surface area contributed by atoms with Crippen LogP contribution in [0.5, 0.6) is 5.75 Å². The van der Waals surface area contributed by atoms with Gasteiger partial charge in [0.15, 0.2) is 0 Å². The third kappa shape index (κ3) is 1.85. The van der Waals surface area contributed by atoms with Crippen LogP contribution in [-0.2, 0) is 12.8 Å². The highest BCUT2D eigenvalue weighted by atomic mass is 16.3. The largest absolute Gasteiger partial charge is 0.508 e. The van der Waals surface area contributed by atoms with E-state index in [2.05, 4.69) is 11.2 Å². The Kier molecular flexibility index (Phi) is 2.73. The molecule has 3 heteroatoms. The zero-order chi connectivity index (χ0) is 12.5. The van der Waals surface area contributed by atoms with Crippen molar-refractivity contribution in [3.63, 3.8) is 0 Å². The third-order valence-corrected chi connectivity index (χ3v) is 3.46. The molecule has 0 spiro atoms. The van der Waals surface area contributed by atoms with Crippen LogP contribution < -0.4 is 5.32 Å². The quantitative estimate of drug-likeness (QED) is 0.752. The van der Waals surface area contributed by atoms with E-state index in [0.717, 1.165) is 36.1 Å². The second kappa shape index (κ2) is 4.40. The van der Waals surface area contributed by atoms with E-state index in [1.807, 2.05) is 6.07 Å². The van der Waals surface area contributed by atoms with Crippen molar-refractivity contribution < 1.29 is 9.52 Å². The van der Waals surface area contributed by atoms with Crippen LogP contribution in [0.2, 0.25) is 0 Å². The summed E-state index contributed by atoms with van der Waals surface area (Å²) in [4.78, 5) is 0. The topological polar surface area (TPSA) is 45.4 Å². The Labute approximate surface area is 106 Å². The number of hydrogen-bond acceptors (Lipinski definition) is 3. The van der Waals surface area contributed by atoms with E-state index in [4.69, 9.17) is 10.8 Å². The minimum atomic E-state index is 0.281. The van der Waals surface area contributed by atoms with Crippen molar-refractivity contribution >= 4 is 11.0 Å². The maximum Gasteiger partial charge on any atom is 0.134 e. The summed E-state index contributed by atoms with van der Waals surface area (Å²) in [5.74, 6) is 3.98. The van der Waals surface area contributed by atoms with Crippen LogP contribution in [0.3, 0.4) is 0 Å². The molecule has 0 amide bonds. The molecule has 92 valence electrons. The summed E-state index contributed by atoms with van der Waals surface area (Å²) in [6, 6.07) is 5.54. The molecule has 18 heavy (non-hydrogen) atoms. The van der Waals surface area contributed by atoms with Crippen LogP contribution in [0.15, 0.2) is 22.6 Å². The van der Waals surface area contributed by atoms with Crippen molar-refractivity contribution in [1.29, 1.82) is 0 Å². The first-order valence-electron chi connectivity index (χ1n) is 6.18. The van der Waals surface area contributed by atoms with Gasteiger partial charge in [0.1, 0.15) is 17.1 Å². The minimum Gasteiger partial charge on any atom is -0.508 e. The molecule has 1 aliphatic rings. The molecule has 0 fully saturated rings. The van der Waals surface area contributed by atoms with Crippen molar-refractivity contribution in [3.05, 3.63) is 29.5 Å². The van der Waals surface area contributed by atoms with Gasteiger partial charge in [-0.1, -0.05) is 0 Å². The lowest BCUT2D eigenvalue weighted by atomic mass is 10.0. The highest BCUT2D eigenvalue weighted by molar-refractivity contribution is 5.83. The van der Waals surface area contributed by atoms with Crippen LogP contribution in [0.1, 0.15) is 17.7 Å². The summed E-state index contributed by atoms with van der Waals surface area (Å²) >= 11 is 0. The SMILES string of the molecule is C#CCC1Cc2oc3ccc(O)cc3c2CCN1. The average molecular weight is 241 g/mol. The predicted molar refractivity (Wildman–Crippen MR) is 70.5 cm³/mol. The maximum atomic E-state index is 9.57. The summed E-state index contributed by atoms with van der Waals surface area (Å²) in [6.45, 7) is 0.892. The Morgan fingerprint density at radius 1 is 1.50 bits per heavy atom. The normalized spacial score (nSPS) is 19.2. The summed E-state index contributed by atoms with van der Waals surface area (Å²) in [5.41, 5.74) is 2.05. The molecule has 0 bridgehead atoms. The highest BCUT2D eigenvalue weighted by Gasteiger charge is 2.21. The lowest BCUT2D eigenvalue weighted by molar-refractivity contribution is 0.472. The van der Waals surface area contributed by atoms with Gasteiger partial charge in [0.05, 0.1) is 0 Å². The number of hydrogen-bond donors (Lipinski definition) is 2. The molecule has 2 N–H and O–H groups in total. The molecule has 0 saturated carbocycles. The number of rotatable bonds is 1. The highest BCUT2D eigenvalue weighted by Crippen LogP contribution is 2.31. The minimum absolute atomic E-state index is 0.281. The molecule has 2 aromatic rings. The van der Waals surface area contributed by atoms with E-state index in [-0.39, 0.29) is 11.8 Å². The molecule has 0 saturated heterocycles. The molecule has 2 heterocycles. The van der Waals surface area contributed by atoms with E-state index in [1.54, 1.807) is 12.1 Å². The van der Waals surface area contributed by atoms with Gasteiger partial charge in [0, 0.05) is 29.8 Å². The van der Waals surface area contributed by atoms with Crippen molar-refractivity contribution in [1.82, 2.24) is 5.32 Å². The van der Waals surface area contributed by atoms with Crippen LogP contribution >= 0.6 is 0 Å². The number of terminal acetylenes is 1. The van der Waals surface area contributed by atoms with E-state index in [0.29, 0.717) is 6.42 Å². The summed E-state index contributed by atoms with van der Waals surface area (Å²) in [6.07, 6.45) is 7.81. The Bertz CT molecular complexity index is 621. The van der Waals surface area contributed by atoms with Gasteiger partial charge in [-0.3, -0.25) is 0 Å². The number of furan rings is 1. The van der Waals surface area contributed by atoms with E-state index in [9.17, 15) is 5.11 Å². The Morgan fingerprint density at radius 2 is 2.39 bits per heavy atom. The second-order valence-corrected chi connectivity index (χ2v) is 4.70. The van der Waals surface area contributed by atoms with Gasteiger partial charge in [0.25, 0.3) is 0 Å². The number of fused-ring (bicyclic) bond motifs is 3. The van der Waals surface area contributed by atoms with Gasteiger partial charge < -0.3 is 14.8 Å². The fourth-order valence-electron chi connectivity index (χ4n) is 2.61. The van der Waals surface area contributed by atoms with Gasteiger partial charge in [0.2, 0.25) is 0 Å². The molecule has 1 unspecified atom stereocenters. The molecule has 1 aromatic carbocycles. The Hall–Kier alpha value is -1.92. The van der Waals surface area contributed by atoms with Gasteiger partial charge >= 0.3 is 0 Å². The number of nitrogens with one attached hydrogen (secondary N) is 1. The van der Waals surface area contributed by atoms with Crippen molar-refractivity contribution in [2.45, 2.75) is 25.3 Å². The zero-order valence-corrected chi connectivity index (χ0v) is 10.1. The molecule has 1 atom stereocenters. The van der Waals surface area contributed by atoms with Crippen LogP contribution in [0.25, 0.3) is 11.0 Å². The van der Waals surface area contributed by atoms with Gasteiger partial charge in [-0.2, -0.15) is 0 Å². The molecular formula is C15H15NO2. The van der Waals surface area contributed by atoms with Crippen molar-refractivity contribution in [3.8, 4) is 18.1 Å². The molecular weight excluding hydrogens is 226 g/mol. The predicted octanol–water partition coefficient (Wildman–Crippen LogP) is 2.22. The van der Waals surface area contributed by atoms with Gasteiger partial charge in [-0.05, 0) is 31.2 Å². The Balaban J connectivity index is 2.06. The Morgan fingerprint density at radius 3 is 3.22 bits per heavy atom. The summed E-state index contributed by atoms with van der Waals surface area (Å²) in [7, 11) is 0. The fourth-order valence-corrected chi connectivity index (χ4v) is 2.61. The van der Waals surface area contributed by atoms with Crippen molar-refractivity contribution in [2.24, 2.45) is 0 Å². The molecule has 3 rings (SSSR count). The lowest BCUT2D eigenvalue weighted by Gasteiger charge is -2.11. The first-order valence-corrected chi connectivity index (χ1v) is 6.18. The lowest BCUT2D eigenvalue weighted by Crippen LogP contribution is -2.30. The second-order valence-electron chi connectivity index (χ2n) is 4.70. The zero-order valence-electron chi connectivity index (χ0n) is 10.1. The summed E-state index contributed by atoms with van der Waals surface area (Å²) < 4.78 is 5.88. The first-order chi connectivity index (χ1) is 8.78. The smallest absolute Gasteiger partial charge is 0.134 e.